The maximum Gasteiger partial charge on any atom is 0.286 e. The van der Waals surface area contributed by atoms with Gasteiger partial charge in [0.25, 0.3) is 12.5 Å². The summed E-state index contributed by atoms with van der Waals surface area (Å²) < 4.78 is 9.26. The predicted octanol–water partition coefficient (Wildman–Crippen LogP) is 1.52. The molecule has 90 valence electrons. The van der Waals surface area contributed by atoms with E-state index in [9.17, 15) is 4.79 Å². The number of isocyanates is 1. The summed E-state index contributed by atoms with van der Waals surface area (Å²) in [6, 6.07) is 5.27. The average Bonchev–Trinajstić information content (AvgIpc) is 2.40. The van der Waals surface area contributed by atoms with E-state index in [1.54, 1.807) is 30.7 Å². The Morgan fingerprint density at radius 2 is 1.50 bits per heavy atom. The summed E-state index contributed by atoms with van der Waals surface area (Å²) in [5.41, 5.74) is 2.24. The number of carbonyl (C=O) groups excluding carboxylic acids is 1. The van der Waals surface area contributed by atoms with Crippen LogP contribution in [0, 0.1) is 23.0 Å². The zero-order chi connectivity index (χ0) is 13.2. The van der Waals surface area contributed by atoms with E-state index in [-0.39, 0.29) is 19.8 Å². The van der Waals surface area contributed by atoms with E-state index in [2.05, 4.69) is 14.5 Å². The maximum atomic E-state index is 10.1. The van der Waals surface area contributed by atoms with Gasteiger partial charge in [0, 0.05) is 0 Å². The molecule has 0 saturated carbocycles. The van der Waals surface area contributed by atoms with E-state index in [0.717, 1.165) is 16.7 Å². The Morgan fingerprint density at radius 1 is 1.00 bits per heavy atom. The van der Waals surface area contributed by atoms with Gasteiger partial charge in [0.15, 0.2) is 0 Å². The van der Waals surface area contributed by atoms with Gasteiger partial charge in [0.05, 0.1) is 6.54 Å². The fraction of sp³-hybridized carbons (Fsp3) is 0.250. The highest BCUT2D eigenvalue weighted by atomic mass is 16.5. The van der Waals surface area contributed by atoms with Crippen LogP contribution in [0.1, 0.15) is 16.7 Å². The summed E-state index contributed by atoms with van der Waals surface area (Å²) in [6.07, 6.45) is 4.59. The summed E-state index contributed by atoms with van der Waals surface area (Å²) in [4.78, 5) is 13.5. The van der Waals surface area contributed by atoms with E-state index >= 15 is 0 Å². The lowest BCUT2D eigenvalue weighted by atomic mass is 10.1. The van der Waals surface area contributed by atoms with Crippen molar-refractivity contribution in [2.75, 3.05) is 0 Å². The zero-order valence-electron chi connectivity index (χ0n) is 9.42. The molecule has 0 aliphatic heterocycles. The molecular weight excluding hydrogens is 234 g/mol. The maximum absolute atomic E-state index is 10.1. The summed E-state index contributed by atoms with van der Waals surface area (Å²) in [6.45, 7) is 0.423. The normalized spacial score (nSPS) is 8.56. The lowest BCUT2D eigenvalue weighted by Gasteiger charge is -2.06. The van der Waals surface area contributed by atoms with Crippen LogP contribution >= 0.6 is 0 Å². The Balaban J connectivity index is 2.92. The first-order valence-corrected chi connectivity index (χ1v) is 4.97. The van der Waals surface area contributed by atoms with Gasteiger partial charge in [-0.2, -0.15) is 10.5 Å². The molecule has 0 radical (unpaired) electrons. The summed E-state index contributed by atoms with van der Waals surface area (Å²) in [7, 11) is 0. The lowest BCUT2D eigenvalue weighted by Crippen LogP contribution is -1.95. The quantitative estimate of drug-likeness (QED) is 0.428. The van der Waals surface area contributed by atoms with Gasteiger partial charge in [-0.3, -0.25) is 0 Å². The Labute approximate surface area is 104 Å². The van der Waals surface area contributed by atoms with E-state index in [1.807, 2.05) is 0 Å². The highest BCUT2D eigenvalue weighted by Gasteiger charge is 2.02. The first-order chi connectivity index (χ1) is 8.80. The number of hydrogen-bond donors (Lipinski definition) is 0. The fourth-order valence-corrected chi connectivity index (χ4v) is 1.45. The molecule has 0 N–H and O–H groups in total. The lowest BCUT2D eigenvalue weighted by molar-refractivity contribution is 0.251. The second-order valence-corrected chi connectivity index (χ2v) is 3.33. The van der Waals surface area contributed by atoms with Crippen LogP contribution in [0.2, 0.25) is 0 Å². The van der Waals surface area contributed by atoms with Gasteiger partial charge in [0.2, 0.25) is 6.08 Å². The van der Waals surface area contributed by atoms with Crippen molar-refractivity contribution >= 4 is 6.08 Å². The van der Waals surface area contributed by atoms with Crippen molar-refractivity contribution in [3.05, 3.63) is 34.9 Å². The molecule has 6 heteroatoms. The number of nitriles is 2. The molecule has 0 bridgehead atoms. The Hall–Kier alpha value is -2.82. The van der Waals surface area contributed by atoms with Gasteiger partial charge < -0.3 is 9.47 Å². The molecule has 18 heavy (non-hydrogen) atoms. The van der Waals surface area contributed by atoms with Gasteiger partial charge >= 0.3 is 0 Å². The number of benzene rings is 1. The molecule has 0 aliphatic carbocycles. The van der Waals surface area contributed by atoms with Crippen molar-refractivity contribution in [3.63, 3.8) is 0 Å². The van der Waals surface area contributed by atoms with Crippen LogP contribution < -0.4 is 0 Å². The highest BCUT2D eigenvalue weighted by Crippen LogP contribution is 2.13. The van der Waals surface area contributed by atoms with Crippen molar-refractivity contribution in [2.24, 2.45) is 4.99 Å². The number of aliphatic imine (C=N–C) groups is 1. The molecule has 0 heterocycles. The van der Waals surface area contributed by atoms with Crippen LogP contribution in [-0.4, -0.2) is 6.08 Å². The molecule has 0 aliphatic rings. The number of hydrogen-bond acceptors (Lipinski definition) is 6. The fourth-order valence-electron chi connectivity index (χ4n) is 1.45. The summed E-state index contributed by atoms with van der Waals surface area (Å²) >= 11 is 0. The number of ether oxygens (including phenoxy) is 2. The predicted molar refractivity (Wildman–Crippen MR) is 59.1 cm³/mol. The van der Waals surface area contributed by atoms with Crippen LogP contribution in [0.25, 0.3) is 0 Å². The molecule has 1 aromatic rings. The van der Waals surface area contributed by atoms with Gasteiger partial charge in [0.1, 0.15) is 13.2 Å². The van der Waals surface area contributed by atoms with Crippen LogP contribution in [0.5, 0.6) is 0 Å². The van der Waals surface area contributed by atoms with Crippen molar-refractivity contribution < 1.29 is 14.3 Å². The van der Waals surface area contributed by atoms with Crippen molar-refractivity contribution in [2.45, 2.75) is 19.8 Å². The highest BCUT2D eigenvalue weighted by molar-refractivity contribution is 5.35. The van der Waals surface area contributed by atoms with Crippen LogP contribution in [0.3, 0.4) is 0 Å². The van der Waals surface area contributed by atoms with Crippen LogP contribution in [-0.2, 0) is 34.0 Å². The second kappa shape index (κ2) is 7.45. The second-order valence-electron chi connectivity index (χ2n) is 3.33. The Bertz CT molecular complexity index is 500. The van der Waals surface area contributed by atoms with Gasteiger partial charge in [-0.05, 0) is 22.8 Å². The summed E-state index contributed by atoms with van der Waals surface area (Å²) in [5, 5.41) is 16.7. The third-order valence-electron chi connectivity index (χ3n) is 2.05. The third-order valence-corrected chi connectivity index (χ3v) is 2.05. The first-order valence-electron chi connectivity index (χ1n) is 4.97. The molecule has 0 amide bonds. The summed E-state index contributed by atoms with van der Waals surface area (Å²) in [5.74, 6) is 0. The third kappa shape index (κ3) is 4.36. The van der Waals surface area contributed by atoms with E-state index in [0.29, 0.717) is 0 Å². The molecule has 0 atom stereocenters. The van der Waals surface area contributed by atoms with Crippen molar-refractivity contribution in [3.8, 4) is 12.5 Å². The van der Waals surface area contributed by atoms with Gasteiger partial charge in [-0.1, -0.05) is 12.1 Å². The molecule has 0 aromatic heterocycles. The van der Waals surface area contributed by atoms with Gasteiger partial charge in [-0.15, -0.1) is 0 Å². The van der Waals surface area contributed by atoms with Crippen LogP contribution in [0.15, 0.2) is 23.2 Å². The largest absolute Gasteiger partial charge is 0.423 e. The average molecular weight is 243 g/mol. The first kappa shape index (κ1) is 13.2. The Kier molecular flexibility index (Phi) is 5.48. The standard InChI is InChI=1S/C12H9N3O3/c13-7-17-5-11-1-10(4-15-9-16)2-12(3-11)6-18-8-14/h1-3H,4-6H2. The Morgan fingerprint density at radius 3 is 1.94 bits per heavy atom. The molecule has 0 saturated heterocycles. The van der Waals surface area contributed by atoms with E-state index in [4.69, 9.17) is 10.5 Å². The topological polar surface area (TPSA) is 95.5 Å². The van der Waals surface area contributed by atoms with Gasteiger partial charge in [-0.25, -0.2) is 9.79 Å². The number of rotatable bonds is 6. The van der Waals surface area contributed by atoms with Crippen LogP contribution in [0.4, 0.5) is 0 Å². The molecule has 6 nitrogen and oxygen atoms in total. The minimum absolute atomic E-state index is 0.120. The van der Waals surface area contributed by atoms with Crippen molar-refractivity contribution in [1.29, 1.82) is 10.5 Å². The van der Waals surface area contributed by atoms with E-state index in [1.165, 1.54) is 6.08 Å². The minimum atomic E-state index is 0.120. The van der Waals surface area contributed by atoms with E-state index < -0.39 is 0 Å². The monoisotopic (exact) mass is 243 g/mol. The molecular formula is C12H9N3O3. The molecule has 0 spiro atoms. The zero-order valence-corrected chi connectivity index (χ0v) is 9.42. The molecule has 0 unspecified atom stereocenters. The number of nitrogens with zero attached hydrogens (tertiary/aromatic N) is 3. The molecule has 1 aromatic carbocycles. The minimum Gasteiger partial charge on any atom is -0.423 e. The SMILES string of the molecule is N#COCc1cc(CN=C=O)cc(COC#N)c1. The van der Waals surface area contributed by atoms with Crippen molar-refractivity contribution in [1.82, 2.24) is 0 Å². The molecule has 1 rings (SSSR count). The smallest absolute Gasteiger partial charge is 0.286 e. The molecule has 0 fully saturated rings.